The van der Waals surface area contributed by atoms with E-state index in [1.165, 1.54) is 7.11 Å². The second-order valence-corrected chi connectivity index (χ2v) is 3.71. The van der Waals surface area contributed by atoms with Gasteiger partial charge in [0.25, 0.3) is 0 Å². The summed E-state index contributed by atoms with van der Waals surface area (Å²) in [7, 11) is 3.27. The van der Waals surface area contributed by atoms with Gasteiger partial charge in [-0.2, -0.15) is 0 Å². The molecule has 17 heavy (non-hydrogen) atoms. The lowest BCUT2D eigenvalue weighted by Crippen LogP contribution is -2.22. The van der Waals surface area contributed by atoms with E-state index in [-0.39, 0.29) is 12.4 Å². The number of benzene rings is 1. The zero-order chi connectivity index (χ0) is 11.7. The third kappa shape index (κ3) is 2.28. The van der Waals surface area contributed by atoms with E-state index in [2.05, 4.69) is 4.74 Å². The van der Waals surface area contributed by atoms with Crippen molar-refractivity contribution in [1.82, 2.24) is 4.57 Å². The van der Waals surface area contributed by atoms with Crippen LogP contribution in [0.2, 0.25) is 0 Å². The summed E-state index contributed by atoms with van der Waals surface area (Å²) in [6, 6.07) is 7.10. The first-order valence-corrected chi connectivity index (χ1v) is 5.02. The Morgan fingerprint density at radius 1 is 1.41 bits per heavy atom. The summed E-state index contributed by atoms with van der Waals surface area (Å²) in [6.45, 7) is 0. The number of ether oxygens (including phenoxy) is 1. The fourth-order valence-electron chi connectivity index (χ4n) is 1.87. The number of para-hydroxylation sites is 1. The van der Waals surface area contributed by atoms with Crippen LogP contribution in [-0.2, 0) is 16.6 Å². The van der Waals surface area contributed by atoms with Gasteiger partial charge in [-0.05, 0) is 6.07 Å². The van der Waals surface area contributed by atoms with Crippen LogP contribution in [0.15, 0.2) is 30.5 Å². The molecule has 0 aliphatic carbocycles. The summed E-state index contributed by atoms with van der Waals surface area (Å²) in [6.07, 6.45) is 1.87. The van der Waals surface area contributed by atoms with Crippen LogP contribution >= 0.6 is 12.4 Å². The predicted molar refractivity (Wildman–Crippen MR) is 69.1 cm³/mol. The van der Waals surface area contributed by atoms with Crippen molar-refractivity contribution >= 4 is 29.3 Å². The number of rotatable bonds is 2. The molecule has 0 saturated carbocycles. The summed E-state index contributed by atoms with van der Waals surface area (Å²) in [5, 5.41) is 0.989. The van der Waals surface area contributed by atoms with Crippen LogP contribution in [0, 0.1) is 0 Å². The highest BCUT2D eigenvalue weighted by molar-refractivity contribution is 5.90. The summed E-state index contributed by atoms with van der Waals surface area (Å²) in [5.74, 6) is -0.420. The maximum absolute atomic E-state index is 11.4. The smallest absolute Gasteiger partial charge is 0.327 e. The Hall–Kier alpha value is -1.52. The van der Waals surface area contributed by atoms with E-state index < -0.39 is 12.0 Å². The molecule has 92 valence electrons. The molecule has 2 aromatic rings. The molecule has 2 rings (SSSR count). The van der Waals surface area contributed by atoms with Crippen LogP contribution in [0.3, 0.4) is 0 Å². The third-order valence-electron chi connectivity index (χ3n) is 2.72. The molecule has 0 aliphatic heterocycles. The molecular weight excluding hydrogens is 240 g/mol. The molecule has 0 fully saturated rings. The number of carbonyl (C=O) groups is 1. The van der Waals surface area contributed by atoms with E-state index >= 15 is 0 Å². The molecule has 5 heteroatoms. The zero-order valence-corrected chi connectivity index (χ0v) is 10.5. The van der Waals surface area contributed by atoms with Gasteiger partial charge >= 0.3 is 5.97 Å². The van der Waals surface area contributed by atoms with Gasteiger partial charge in [0.2, 0.25) is 0 Å². The van der Waals surface area contributed by atoms with Gasteiger partial charge in [-0.3, -0.25) is 4.79 Å². The maximum Gasteiger partial charge on any atom is 0.327 e. The van der Waals surface area contributed by atoms with Crippen molar-refractivity contribution in [3.8, 4) is 0 Å². The largest absolute Gasteiger partial charge is 0.468 e. The van der Waals surface area contributed by atoms with Crippen LogP contribution < -0.4 is 5.73 Å². The number of aromatic nitrogens is 1. The number of carbonyl (C=O) groups excluding carboxylic acids is 1. The SMILES string of the molecule is COC(=O)[C@H](N)c1cn(C)c2ccccc12.Cl. The Morgan fingerprint density at radius 2 is 2.06 bits per heavy atom. The van der Waals surface area contributed by atoms with Crippen molar-refractivity contribution in [3.63, 3.8) is 0 Å². The second kappa shape index (κ2) is 5.21. The van der Waals surface area contributed by atoms with Crippen LogP contribution in [0.5, 0.6) is 0 Å². The van der Waals surface area contributed by atoms with E-state index in [1.807, 2.05) is 42.1 Å². The van der Waals surface area contributed by atoms with Crippen molar-refractivity contribution in [1.29, 1.82) is 0 Å². The fraction of sp³-hybridized carbons (Fsp3) is 0.250. The predicted octanol–water partition coefficient (Wildman–Crippen LogP) is 1.77. The normalized spacial score (nSPS) is 11.9. The van der Waals surface area contributed by atoms with Gasteiger partial charge in [0.05, 0.1) is 7.11 Å². The first-order valence-electron chi connectivity index (χ1n) is 5.02. The maximum atomic E-state index is 11.4. The molecule has 1 aromatic carbocycles. The number of hydrogen-bond donors (Lipinski definition) is 1. The molecule has 2 N–H and O–H groups in total. The van der Waals surface area contributed by atoms with E-state index in [9.17, 15) is 4.79 Å². The van der Waals surface area contributed by atoms with Crippen molar-refractivity contribution in [3.05, 3.63) is 36.0 Å². The lowest BCUT2D eigenvalue weighted by Gasteiger charge is -2.07. The number of hydrogen-bond acceptors (Lipinski definition) is 3. The summed E-state index contributed by atoms with van der Waals surface area (Å²) < 4.78 is 6.60. The molecule has 0 radical (unpaired) electrons. The van der Waals surface area contributed by atoms with E-state index in [1.54, 1.807) is 0 Å². The van der Waals surface area contributed by atoms with Gasteiger partial charge in [0.1, 0.15) is 6.04 Å². The number of fused-ring (bicyclic) bond motifs is 1. The van der Waals surface area contributed by atoms with E-state index in [0.717, 1.165) is 16.5 Å². The molecular formula is C12H15ClN2O2. The number of aryl methyl sites for hydroxylation is 1. The molecule has 1 heterocycles. The third-order valence-corrected chi connectivity index (χ3v) is 2.72. The zero-order valence-electron chi connectivity index (χ0n) is 9.71. The summed E-state index contributed by atoms with van der Waals surface area (Å²) in [4.78, 5) is 11.4. The van der Waals surface area contributed by atoms with Crippen LogP contribution in [0.4, 0.5) is 0 Å². The monoisotopic (exact) mass is 254 g/mol. The highest BCUT2D eigenvalue weighted by atomic mass is 35.5. The summed E-state index contributed by atoms with van der Waals surface area (Å²) >= 11 is 0. The van der Waals surface area contributed by atoms with E-state index in [4.69, 9.17) is 5.73 Å². The van der Waals surface area contributed by atoms with Crippen LogP contribution in [-0.4, -0.2) is 17.6 Å². The molecule has 1 aromatic heterocycles. The first kappa shape index (κ1) is 13.5. The van der Waals surface area contributed by atoms with Gasteiger partial charge in [0.15, 0.2) is 0 Å². The van der Waals surface area contributed by atoms with Crippen LogP contribution in [0.1, 0.15) is 11.6 Å². The van der Waals surface area contributed by atoms with E-state index in [0.29, 0.717) is 0 Å². The van der Waals surface area contributed by atoms with Gasteiger partial charge in [-0.1, -0.05) is 18.2 Å². The quantitative estimate of drug-likeness (QED) is 0.831. The average Bonchev–Trinajstić information content (AvgIpc) is 2.65. The molecule has 0 amide bonds. The second-order valence-electron chi connectivity index (χ2n) is 3.71. The highest BCUT2D eigenvalue weighted by Gasteiger charge is 2.20. The Labute approximate surface area is 106 Å². The average molecular weight is 255 g/mol. The molecule has 0 spiro atoms. The standard InChI is InChI=1S/C12H14N2O2.ClH/c1-14-7-9(11(13)12(15)16-2)8-5-3-4-6-10(8)14;/h3-7,11H,13H2,1-2H3;1H/t11-;/m1./s1. The highest BCUT2D eigenvalue weighted by Crippen LogP contribution is 2.25. The minimum Gasteiger partial charge on any atom is -0.468 e. The lowest BCUT2D eigenvalue weighted by molar-refractivity contribution is -0.142. The van der Waals surface area contributed by atoms with Crippen molar-refractivity contribution in [2.24, 2.45) is 12.8 Å². The van der Waals surface area contributed by atoms with Crippen LogP contribution in [0.25, 0.3) is 10.9 Å². The Kier molecular flexibility index (Phi) is 4.15. The van der Waals surface area contributed by atoms with Gasteiger partial charge in [-0.15, -0.1) is 12.4 Å². The molecule has 1 atom stereocenters. The Balaban J connectivity index is 0.00000144. The Bertz CT molecular complexity index is 536. The van der Waals surface area contributed by atoms with Crippen molar-refractivity contribution in [2.75, 3.05) is 7.11 Å². The molecule has 0 bridgehead atoms. The fourth-order valence-corrected chi connectivity index (χ4v) is 1.87. The topological polar surface area (TPSA) is 57.2 Å². The minimum atomic E-state index is -0.726. The number of halogens is 1. The number of methoxy groups -OCH3 is 1. The molecule has 0 aliphatic rings. The minimum absolute atomic E-state index is 0. The number of nitrogens with zero attached hydrogens (tertiary/aromatic N) is 1. The van der Waals surface area contributed by atoms with Crippen molar-refractivity contribution < 1.29 is 9.53 Å². The molecule has 4 nitrogen and oxygen atoms in total. The van der Waals surface area contributed by atoms with Gasteiger partial charge < -0.3 is 15.0 Å². The number of nitrogens with two attached hydrogens (primary N) is 1. The first-order chi connectivity index (χ1) is 7.65. The summed E-state index contributed by atoms with van der Waals surface area (Å²) in [5.41, 5.74) is 7.69. The molecule has 0 unspecified atom stereocenters. The lowest BCUT2D eigenvalue weighted by atomic mass is 10.1. The molecule has 0 saturated heterocycles. The van der Waals surface area contributed by atoms with Gasteiger partial charge in [0, 0.05) is 29.7 Å². The van der Waals surface area contributed by atoms with Gasteiger partial charge in [-0.25, -0.2) is 0 Å². The Morgan fingerprint density at radius 3 is 2.71 bits per heavy atom. The van der Waals surface area contributed by atoms with Crippen molar-refractivity contribution in [2.45, 2.75) is 6.04 Å². The number of esters is 1.